The first-order valence-electron chi connectivity index (χ1n) is 1.80. The maximum atomic E-state index is 9.44. The van der Waals surface area contributed by atoms with Gasteiger partial charge in [0.1, 0.15) is 0 Å². The van der Waals surface area contributed by atoms with Gasteiger partial charge >= 0.3 is 177 Å². The van der Waals surface area contributed by atoms with Gasteiger partial charge in [-0.3, -0.25) is 0 Å². The van der Waals surface area contributed by atoms with Crippen LogP contribution in [0, 0.1) is 0 Å². The van der Waals surface area contributed by atoms with E-state index >= 15 is 0 Å². The van der Waals surface area contributed by atoms with E-state index in [1.54, 1.807) is 0 Å². The van der Waals surface area contributed by atoms with Gasteiger partial charge in [-0.1, -0.05) is 18.1 Å². The Balaban J connectivity index is -0.0000000270. The molecular formula is Na6O8Si2. The predicted molar refractivity (Wildman–Crippen MR) is 13.7 cm³/mol. The van der Waals surface area contributed by atoms with Gasteiger partial charge in [-0.05, 0) is 0 Å². The maximum absolute atomic E-state index is 9.44. The Labute approximate surface area is 228 Å². The summed E-state index contributed by atoms with van der Waals surface area (Å²) in [6.07, 6.45) is 0. The molecule has 0 bridgehead atoms. The summed E-state index contributed by atoms with van der Waals surface area (Å²) in [5.41, 5.74) is 0. The van der Waals surface area contributed by atoms with Gasteiger partial charge in [0.25, 0.3) is 0 Å². The van der Waals surface area contributed by atoms with Crippen LogP contribution in [0.25, 0.3) is 0 Å². The minimum absolute atomic E-state index is 0. The molecule has 0 spiro atoms. The van der Waals surface area contributed by atoms with E-state index in [-0.39, 0.29) is 177 Å². The molecule has 0 atom stereocenters. The molecule has 0 aliphatic heterocycles. The van der Waals surface area contributed by atoms with E-state index in [9.17, 15) is 28.8 Å². The summed E-state index contributed by atoms with van der Waals surface area (Å²) in [5.74, 6) is 0. The van der Waals surface area contributed by atoms with Crippen molar-refractivity contribution in [1.29, 1.82) is 0 Å². The molecular weight excluding hydrogens is 322 g/mol. The fourth-order valence-electron chi connectivity index (χ4n) is 0.102. The second-order valence-corrected chi connectivity index (χ2v) is 3.50. The Morgan fingerprint density at radius 3 is 0.625 bits per heavy atom. The largest absolute Gasteiger partial charge is 1.00 e. The second-order valence-electron chi connectivity index (χ2n) is 1.17. The fourth-order valence-corrected chi connectivity index (χ4v) is 0.919. The predicted octanol–water partition coefficient (Wildman–Crippen LogP) is -26.0. The summed E-state index contributed by atoms with van der Waals surface area (Å²) in [6.45, 7) is 0. The molecule has 0 aromatic rings. The van der Waals surface area contributed by atoms with Crippen LogP contribution in [0.2, 0.25) is 0 Å². The van der Waals surface area contributed by atoms with Crippen molar-refractivity contribution in [1.82, 2.24) is 0 Å². The molecule has 0 aliphatic rings. The minimum Gasteiger partial charge on any atom is -0.859 e. The summed E-state index contributed by atoms with van der Waals surface area (Å²) >= 11 is 0. The van der Waals surface area contributed by atoms with Gasteiger partial charge < -0.3 is 37.9 Å². The number of hydrogen-bond donors (Lipinski definition) is 0. The molecule has 0 rings (SSSR count). The molecule has 0 unspecified atom stereocenters. The van der Waals surface area contributed by atoms with Crippen LogP contribution in [-0.4, -0.2) is 18.1 Å². The van der Waals surface area contributed by atoms with Gasteiger partial charge in [0.05, 0.1) is 0 Å². The van der Waals surface area contributed by atoms with Gasteiger partial charge in [-0.25, -0.2) is 0 Å². The molecule has 0 saturated carbocycles. The van der Waals surface area contributed by atoms with Crippen LogP contribution < -0.4 is 206 Å². The zero-order valence-corrected chi connectivity index (χ0v) is 24.3. The van der Waals surface area contributed by atoms with E-state index in [0.29, 0.717) is 0 Å². The van der Waals surface area contributed by atoms with Crippen molar-refractivity contribution < 1.29 is 215 Å². The normalized spacial score (nSPS) is 8.62. The zero-order valence-electron chi connectivity index (χ0n) is 10.3. The van der Waals surface area contributed by atoms with Crippen molar-refractivity contribution >= 4 is 18.1 Å². The van der Waals surface area contributed by atoms with E-state index in [1.165, 1.54) is 0 Å². The maximum Gasteiger partial charge on any atom is 1.00 e. The molecule has 0 saturated heterocycles. The van der Waals surface area contributed by atoms with E-state index in [4.69, 9.17) is 0 Å². The van der Waals surface area contributed by atoms with Crippen LogP contribution >= 0.6 is 0 Å². The first-order valence-corrected chi connectivity index (χ1v) is 5.07. The van der Waals surface area contributed by atoms with Crippen molar-refractivity contribution in [3.05, 3.63) is 0 Å². The molecule has 0 amide bonds. The van der Waals surface area contributed by atoms with E-state index < -0.39 is 18.1 Å². The van der Waals surface area contributed by atoms with E-state index in [2.05, 4.69) is 9.15 Å². The SMILES string of the molecule is [Na+].[Na+].[Na+].[Na+].[Na+].[Na+].[O-][Si]([O-])([O-])OO[Si]([O-])([O-])[O-]. The van der Waals surface area contributed by atoms with Crippen molar-refractivity contribution in [2.24, 2.45) is 0 Å². The van der Waals surface area contributed by atoms with Crippen molar-refractivity contribution in [3.63, 3.8) is 0 Å². The summed E-state index contributed by atoms with van der Waals surface area (Å²) in [5, 5.41) is 0. The quantitative estimate of drug-likeness (QED) is 0.281. The third kappa shape index (κ3) is 42.7. The number of hydrogen-bond acceptors (Lipinski definition) is 8. The average Bonchev–Trinajstić information content (AvgIpc) is 1.57. The van der Waals surface area contributed by atoms with Crippen LogP contribution in [0.3, 0.4) is 0 Å². The molecule has 8 nitrogen and oxygen atoms in total. The molecule has 0 aliphatic carbocycles. The van der Waals surface area contributed by atoms with E-state index in [0.717, 1.165) is 0 Å². The van der Waals surface area contributed by atoms with Crippen molar-refractivity contribution in [2.75, 3.05) is 0 Å². The van der Waals surface area contributed by atoms with Crippen molar-refractivity contribution in [2.45, 2.75) is 0 Å². The standard InChI is InChI=1S/6Na.O8Si2/c;;;;;;1-9(2,3)7-8-10(4,5)6/q6*+1;-6. The number of rotatable bonds is 3. The summed E-state index contributed by atoms with van der Waals surface area (Å²) < 4.78 is 5.38. The molecule has 0 N–H and O–H groups in total. The molecule has 62 valence electrons. The molecule has 0 radical (unpaired) electrons. The van der Waals surface area contributed by atoms with Gasteiger partial charge in [0, 0.05) is 0 Å². The van der Waals surface area contributed by atoms with Crippen LogP contribution in [0.5, 0.6) is 0 Å². The zero-order chi connectivity index (χ0) is 8.41. The fraction of sp³-hybridized carbons (Fsp3) is 0. The topological polar surface area (TPSA) is 157 Å². The smallest absolute Gasteiger partial charge is 0.859 e. The van der Waals surface area contributed by atoms with Gasteiger partial charge in [0.15, 0.2) is 0 Å². The molecule has 0 aromatic heterocycles. The molecule has 16 heteroatoms. The van der Waals surface area contributed by atoms with Crippen LogP contribution in [0.15, 0.2) is 0 Å². The van der Waals surface area contributed by atoms with Gasteiger partial charge in [0.2, 0.25) is 0 Å². The second kappa shape index (κ2) is 21.1. The first-order chi connectivity index (χ1) is 4.21. The Morgan fingerprint density at radius 2 is 0.562 bits per heavy atom. The average molecular weight is 322 g/mol. The van der Waals surface area contributed by atoms with Crippen molar-refractivity contribution in [3.8, 4) is 0 Å². The Hall–Kier alpha value is 6.11. The Morgan fingerprint density at radius 1 is 0.438 bits per heavy atom. The third-order valence-electron chi connectivity index (χ3n) is 0.246. The summed E-state index contributed by atoms with van der Waals surface area (Å²) in [4.78, 5) is 56.6. The Bertz CT molecular complexity index is 96.1. The monoisotopic (exact) mass is 322 g/mol. The van der Waals surface area contributed by atoms with Crippen LogP contribution in [0.1, 0.15) is 0 Å². The molecule has 0 fully saturated rings. The molecule has 0 heterocycles. The molecule has 16 heavy (non-hydrogen) atoms. The summed E-state index contributed by atoms with van der Waals surface area (Å²) in [7, 11) is -11.6. The third-order valence-corrected chi connectivity index (χ3v) is 0.987. The Kier molecular flexibility index (Phi) is 57.0. The molecule has 0 aromatic carbocycles. The van der Waals surface area contributed by atoms with Crippen LogP contribution in [-0.2, 0) is 9.15 Å². The van der Waals surface area contributed by atoms with Crippen LogP contribution in [0.4, 0.5) is 0 Å². The first kappa shape index (κ1) is 43.2. The van der Waals surface area contributed by atoms with Gasteiger partial charge in [-0.2, -0.15) is 0 Å². The van der Waals surface area contributed by atoms with Gasteiger partial charge in [-0.15, -0.1) is 0 Å². The van der Waals surface area contributed by atoms with E-state index in [1.807, 2.05) is 0 Å². The summed E-state index contributed by atoms with van der Waals surface area (Å²) in [6, 6.07) is 0. The minimum atomic E-state index is -5.80.